The topological polar surface area (TPSA) is 32.3 Å². The number of nitrogens with one attached hydrogen (secondary N) is 1. The van der Waals surface area contributed by atoms with Crippen LogP contribution in [0.25, 0.3) is 0 Å². The first-order valence-electron chi connectivity index (χ1n) is 2.46. The van der Waals surface area contributed by atoms with Crippen LogP contribution in [0.2, 0.25) is 0 Å². The molecule has 0 heterocycles. The van der Waals surface area contributed by atoms with Gasteiger partial charge in [-0.05, 0) is 6.20 Å². The Labute approximate surface area is 113 Å². The van der Waals surface area contributed by atoms with Gasteiger partial charge in [-0.1, -0.05) is 30.6 Å². The zero-order valence-corrected chi connectivity index (χ0v) is 6.60. The second-order valence-corrected chi connectivity index (χ2v) is 2.98. The van der Waals surface area contributed by atoms with Crippen LogP contribution in [0.15, 0.2) is 12.8 Å². The summed E-state index contributed by atoms with van der Waals surface area (Å²) < 4.78 is 0.652. The monoisotopic (exact) mass is 203 g/mol. The third-order valence-corrected chi connectivity index (χ3v) is 1.78. The molecule has 0 bridgehead atoms. The average molecular weight is 203 g/mol. The second-order valence-electron chi connectivity index (χ2n) is 1.21. The molecule has 0 aliphatic heterocycles. The van der Waals surface area contributed by atoms with E-state index in [0.29, 0.717) is 10.1 Å². The molecule has 0 amide bonds. The van der Waals surface area contributed by atoms with Gasteiger partial charge >= 0.3 is 51.4 Å². The molecule has 0 atom stereocenters. The Morgan fingerprint density at radius 1 is 1.80 bits per heavy atom. The molecule has 0 aromatic rings. The summed E-state index contributed by atoms with van der Waals surface area (Å²) in [6.45, 7) is 3.59. The van der Waals surface area contributed by atoms with E-state index < -0.39 is 0 Å². The summed E-state index contributed by atoms with van der Waals surface area (Å²) in [6.07, 6.45) is 1.52. The van der Waals surface area contributed by atoms with Crippen LogP contribution < -0.4 is 5.32 Å². The van der Waals surface area contributed by atoms with Crippen molar-refractivity contribution in [2.45, 2.75) is 0 Å². The van der Waals surface area contributed by atoms with Crippen LogP contribution in [0.4, 0.5) is 0 Å². The quantitative estimate of drug-likeness (QED) is 0.503. The zero-order chi connectivity index (χ0) is 7.11. The normalized spacial score (nSPS) is 7.70. The molecule has 0 aromatic carbocycles. The van der Waals surface area contributed by atoms with Crippen LogP contribution in [0, 0.1) is 0 Å². The van der Waals surface area contributed by atoms with Gasteiger partial charge in [0.15, 0.2) is 0 Å². The SMILES string of the molecule is C=CNC(=S)SCCO.[KH]. The van der Waals surface area contributed by atoms with Crippen molar-refractivity contribution in [1.29, 1.82) is 0 Å². The van der Waals surface area contributed by atoms with Crippen molar-refractivity contribution in [2.75, 3.05) is 12.4 Å². The van der Waals surface area contributed by atoms with E-state index in [-0.39, 0.29) is 58.0 Å². The van der Waals surface area contributed by atoms with Crippen LogP contribution in [-0.2, 0) is 0 Å². The Morgan fingerprint density at radius 3 is 2.80 bits per heavy atom. The van der Waals surface area contributed by atoms with Gasteiger partial charge in [0.2, 0.25) is 0 Å². The van der Waals surface area contributed by atoms with Gasteiger partial charge in [-0.2, -0.15) is 0 Å². The fraction of sp³-hybridized carbons (Fsp3) is 0.400. The van der Waals surface area contributed by atoms with Gasteiger partial charge in [0.05, 0.1) is 6.61 Å². The third-order valence-electron chi connectivity index (χ3n) is 0.544. The van der Waals surface area contributed by atoms with Gasteiger partial charge in [0, 0.05) is 5.75 Å². The van der Waals surface area contributed by atoms with E-state index >= 15 is 0 Å². The van der Waals surface area contributed by atoms with E-state index in [2.05, 4.69) is 11.9 Å². The Balaban J connectivity index is 0. The van der Waals surface area contributed by atoms with Gasteiger partial charge in [-0.25, -0.2) is 0 Å². The molecule has 0 aliphatic rings. The third kappa shape index (κ3) is 9.58. The summed E-state index contributed by atoms with van der Waals surface area (Å²) in [4.78, 5) is 0. The van der Waals surface area contributed by atoms with Crippen molar-refractivity contribution in [2.24, 2.45) is 0 Å². The first-order chi connectivity index (χ1) is 4.31. The summed E-state index contributed by atoms with van der Waals surface area (Å²) in [5.41, 5.74) is 0. The van der Waals surface area contributed by atoms with Crippen molar-refractivity contribution in [3.63, 3.8) is 0 Å². The standard InChI is InChI=1S/C5H9NOS2.K.H/c1-2-6-5(8)9-4-3-7;;/h2,7H,1,3-4H2,(H,6,8);;. The summed E-state index contributed by atoms with van der Waals surface area (Å²) in [5.74, 6) is 0.639. The molecular weight excluding hydrogens is 193 g/mol. The number of rotatable bonds is 3. The molecule has 0 saturated carbocycles. The fourth-order valence-electron chi connectivity index (χ4n) is 0.263. The Morgan fingerprint density at radius 2 is 2.40 bits per heavy atom. The molecule has 10 heavy (non-hydrogen) atoms. The number of thioether (sulfide) groups is 1. The van der Waals surface area contributed by atoms with Gasteiger partial charge in [0.25, 0.3) is 0 Å². The molecule has 0 fully saturated rings. The minimum absolute atomic E-state index is 0. The number of thiocarbonyl (C=S) groups is 1. The Hall–Kier alpha value is 1.58. The molecule has 0 aliphatic carbocycles. The van der Waals surface area contributed by atoms with Crippen LogP contribution in [0.3, 0.4) is 0 Å². The summed E-state index contributed by atoms with van der Waals surface area (Å²) in [6, 6.07) is 0. The first-order valence-corrected chi connectivity index (χ1v) is 3.85. The maximum atomic E-state index is 8.35. The van der Waals surface area contributed by atoms with E-state index in [9.17, 15) is 0 Å². The van der Waals surface area contributed by atoms with E-state index in [1.54, 1.807) is 0 Å². The summed E-state index contributed by atoms with van der Waals surface area (Å²) in [7, 11) is 0. The van der Waals surface area contributed by atoms with Crippen molar-refractivity contribution in [1.82, 2.24) is 5.32 Å². The predicted molar refractivity (Wildman–Crippen MR) is 52.6 cm³/mol. The van der Waals surface area contributed by atoms with Gasteiger partial charge < -0.3 is 10.4 Å². The maximum absolute atomic E-state index is 8.35. The van der Waals surface area contributed by atoms with E-state index in [1.807, 2.05) is 0 Å². The molecular formula is C5H10KNOS2. The molecule has 0 aromatic heterocycles. The number of hydrogen-bond acceptors (Lipinski definition) is 3. The summed E-state index contributed by atoms with van der Waals surface area (Å²) in [5, 5.41) is 11.1. The molecule has 54 valence electrons. The molecule has 0 radical (unpaired) electrons. The van der Waals surface area contributed by atoms with Crippen LogP contribution >= 0.6 is 24.0 Å². The van der Waals surface area contributed by atoms with E-state index in [1.165, 1.54) is 18.0 Å². The Bertz CT molecular complexity index is 110. The van der Waals surface area contributed by atoms with Crippen molar-refractivity contribution in [3.8, 4) is 0 Å². The molecule has 2 nitrogen and oxygen atoms in total. The molecule has 0 spiro atoms. The van der Waals surface area contributed by atoms with E-state index in [0.717, 1.165) is 0 Å². The van der Waals surface area contributed by atoms with Gasteiger partial charge in [-0.15, -0.1) is 0 Å². The second kappa shape index (κ2) is 10.6. The van der Waals surface area contributed by atoms with Gasteiger partial charge in [-0.3, -0.25) is 0 Å². The van der Waals surface area contributed by atoms with Crippen molar-refractivity contribution >= 4 is 79.7 Å². The molecule has 2 N–H and O–H groups in total. The van der Waals surface area contributed by atoms with E-state index in [4.69, 9.17) is 17.3 Å². The molecule has 0 rings (SSSR count). The van der Waals surface area contributed by atoms with Crippen LogP contribution in [-0.4, -0.2) is 73.2 Å². The van der Waals surface area contributed by atoms with Crippen molar-refractivity contribution < 1.29 is 5.11 Å². The number of hydrogen-bond donors (Lipinski definition) is 2. The molecule has 0 unspecified atom stereocenters. The predicted octanol–water partition coefficient (Wildman–Crippen LogP) is 0.0814. The molecule has 5 heteroatoms. The van der Waals surface area contributed by atoms with Crippen molar-refractivity contribution in [3.05, 3.63) is 12.8 Å². The summed E-state index contributed by atoms with van der Waals surface area (Å²) >= 11 is 6.19. The van der Waals surface area contributed by atoms with Crippen LogP contribution in [0.5, 0.6) is 0 Å². The average Bonchev–Trinajstić information content (AvgIpc) is 1.85. The van der Waals surface area contributed by atoms with Gasteiger partial charge in [0.1, 0.15) is 4.32 Å². The molecule has 0 saturated heterocycles. The first kappa shape index (κ1) is 14.1. The van der Waals surface area contributed by atoms with Crippen LogP contribution in [0.1, 0.15) is 0 Å². The Kier molecular flexibility index (Phi) is 14.9. The number of aliphatic hydroxyl groups excluding tert-OH is 1. The zero-order valence-electron chi connectivity index (χ0n) is 4.96. The minimum atomic E-state index is 0. The fourth-order valence-corrected chi connectivity index (χ4v) is 1.04. The number of aliphatic hydroxyl groups is 1.